The van der Waals surface area contributed by atoms with E-state index in [0.29, 0.717) is 112 Å². The number of carbonyl (C=O) groups is 2. The van der Waals surface area contributed by atoms with Crippen LogP contribution in [0.4, 0.5) is 23.3 Å². The summed E-state index contributed by atoms with van der Waals surface area (Å²) in [7, 11) is -15.2. The monoisotopic (exact) mass is 2110 g/mol. The Kier molecular flexibility index (Phi) is 35.6. The van der Waals surface area contributed by atoms with E-state index in [1.807, 2.05) is 128 Å². The number of isocyanates is 1. The molecular weight excluding hydrogens is 2000 g/mol. The maximum atomic E-state index is 12.2. The van der Waals surface area contributed by atoms with E-state index in [4.69, 9.17) is 73.2 Å². The molecule has 1 aliphatic heterocycles. The molecule has 1 aliphatic rings. The number of amides is 2. The molecule has 18 N–H and O–H groups in total. The molecule has 16 aromatic rings. The average Bonchev–Trinajstić information content (AvgIpc) is 1.63. The van der Waals surface area contributed by atoms with Gasteiger partial charge in [0.05, 0.1) is 68.9 Å². The summed E-state index contributed by atoms with van der Waals surface area (Å²) in [5.74, 6) is 3.95. The zero-order valence-electron chi connectivity index (χ0n) is 81.4. The predicted molar refractivity (Wildman–Crippen MR) is 571 cm³/mol. The van der Waals surface area contributed by atoms with Gasteiger partial charge in [-0.15, -0.1) is 0 Å². The van der Waals surface area contributed by atoms with Crippen LogP contribution in [0.2, 0.25) is 0 Å². The lowest BCUT2D eigenvalue weighted by molar-refractivity contribution is -0.137. The summed E-state index contributed by atoms with van der Waals surface area (Å²) < 4.78 is 74.2. The van der Waals surface area contributed by atoms with E-state index >= 15 is 0 Å². The number of isothiocyanates is 1. The topological polar surface area (TPSA) is 600 Å². The number of nitrogens with one attached hydrogen (secondary N) is 2. The minimum Gasteiger partial charge on any atom is -0.404 e. The summed E-state index contributed by atoms with van der Waals surface area (Å²) in [6, 6.07) is 49.6. The van der Waals surface area contributed by atoms with Gasteiger partial charge >= 0.3 is 31.3 Å². The van der Waals surface area contributed by atoms with Crippen LogP contribution in [0, 0.1) is 6.92 Å². The second kappa shape index (κ2) is 48.1. The van der Waals surface area contributed by atoms with E-state index in [1.54, 1.807) is 43.3 Å². The molecule has 8 aromatic carbocycles. The van der Waals surface area contributed by atoms with E-state index in [0.717, 1.165) is 205 Å². The Labute approximate surface area is 854 Å². The number of phosphoric acid groups is 4. The van der Waals surface area contributed by atoms with E-state index < -0.39 is 43.1 Å². The molecule has 0 atom stereocenters. The molecular formula is C100H112N22O19P4S2. The van der Waals surface area contributed by atoms with Crippen molar-refractivity contribution in [2.45, 2.75) is 164 Å². The number of hydrogen-bond donors (Lipinski definition) is 14. The summed E-state index contributed by atoms with van der Waals surface area (Å²) in [6.07, 6.45) is 14.6. The van der Waals surface area contributed by atoms with Crippen LogP contribution in [0.25, 0.3) is 87.7 Å². The molecule has 0 saturated heterocycles. The summed E-state index contributed by atoms with van der Waals surface area (Å²) in [5, 5.41) is 12.7. The van der Waals surface area contributed by atoms with Gasteiger partial charge in [-0.1, -0.05) is 150 Å². The maximum absolute atomic E-state index is 12.2. The number of thiocarbonyl (C=S) groups is 2. The van der Waals surface area contributed by atoms with Gasteiger partial charge in [-0.3, -0.25) is 53.6 Å². The number of nitrogens with two attached hydrogens (primary N) is 4. The number of para-hydroxylation sites is 4. The Morgan fingerprint density at radius 3 is 1.07 bits per heavy atom. The first-order chi connectivity index (χ1) is 70.2. The molecule has 9 heterocycles. The minimum absolute atomic E-state index is 0.0447. The first-order valence-corrected chi connectivity index (χ1v) is 54.0. The molecule has 0 radical (unpaired) electrons. The highest BCUT2D eigenvalue weighted by Crippen LogP contribution is 2.46. The number of phosphoric ester groups is 4. The number of aliphatic imine (C=N–C) groups is 2. The summed E-state index contributed by atoms with van der Waals surface area (Å²) >= 11 is 10.1. The summed E-state index contributed by atoms with van der Waals surface area (Å²) in [4.78, 5) is 158. The number of aromatic nitrogens is 12. The van der Waals surface area contributed by atoms with E-state index in [2.05, 4.69) is 104 Å². The number of unbranched alkanes of at least 4 members (excludes halogenated alkanes) is 4. The number of imide groups is 1. The smallest absolute Gasteiger partial charge is 0.404 e. The van der Waals surface area contributed by atoms with Crippen molar-refractivity contribution in [3.8, 4) is 23.0 Å². The number of fused-ring (bicyclic) bond motifs is 12. The first kappa shape index (κ1) is 109. The van der Waals surface area contributed by atoms with Crippen molar-refractivity contribution in [1.29, 1.82) is 0 Å². The van der Waals surface area contributed by atoms with Crippen LogP contribution in [0.15, 0.2) is 186 Å². The average molecular weight is 2110 g/mol. The normalized spacial score (nSPS) is 12.3. The standard InChI is InChI=1S/C28H38N7O4PS.C26H26N5O6P.C23H24N5O5P.C23H24N5O4PS/c1-5-6-11-23-33-24-25(21-9-7-8-10-22(21)32-27(24)29)35(23)17-19-14-18(2)26(39-40(36,37)38)20(15-19)16-31-28(41)30-12-13-34(3)4;1-2-3-8-21-29-24-25(18-6-4-5-7-19(18)28-26(24)27)30(21)14-16-9-10-20(37-38(34,35)36)17(13-16)15-31-22(32)11-12-23(31)33;1-2-3-8-20-27-21-22(17-6-4-5-7-18(17)26-23(21)24)28(20)13-15-9-10-19(33-34(30,31)32)16(11-15)12-25-14-29;1-2-3-8-20-27-21-22(17-6-4-5-7-18(17)26-23(21)24)28(20)13-15-9-10-19(32-33(29,30)31)16(11-15)12-25-14-34/h7-10,14-15H,5-6,11-13,16-17H2,1-4H3,(H2,29,32)(H2,30,31,41)(H2,36,37,38);4-7,9-13H,2-3,8,14-15H2,1H3,(H2,27,28)(H2,34,35,36);4-7,9-11H,2-3,8,12-13H2,1H3,(H2,24,26)(H2,30,31,32);4-7,9-11H,2-3,8,12-13H2,1H3,(H2,24,26)(H2,29,30,31). The van der Waals surface area contributed by atoms with Gasteiger partial charge in [0.25, 0.3) is 11.8 Å². The number of hydrogen-bond acceptors (Lipinski definition) is 28. The molecule has 41 nitrogen and oxygen atoms in total. The number of benzene rings is 8. The lowest BCUT2D eigenvalue weighted by Gasteiger charge is -2.19. The van der Waals surface area contributed by atoms with Gasteiger partial charge in [0.2, 0.25) is 6.08 Å². The quantitative estimate of drug-likeness (QED) is 0.00559. The second-order valence-electron chi connectivity index (χ2n) is 35.1. The van der Waals surface area contributed by atoms with Crippen LogP contribution in [0.5, 0.6) is 23.0 Å². The first-order valence-electron chi connectivity index (χ1n) is 47.1. The summed E-state index contributed by atoms with van der Waals surface area (Å²) in [6.45, 7) is 13.4. The highest BCUT2D eigenvalue weighted by molar-refractivity contribution is 7.80. The highest BCUT2D eigenvalue weighted by Gasteiger charge is 2.31. The van der Waals surface area contributed by atoms with Crippen molar-refractivity contribution in [3.63, 3.8) is 0 Å². The van der Waals surface area contributed by atoms with E-state index in [1.165, 1.54) is 24.3 Å². The van der Waals surface area contributed by atoms with Crippen molar-refractivity contribution in [2.75, 3.05) is 50.1 Å². The molecule has 0 spiro atoms. The highest BCUT2D eigenvalue weighted by atomic mass is 32.1. The Morgan fingerprint density at radius 2 is 0.741 bits per heavy atom. The maximum Gasteiger partial charge on any atom is 0.524 e. The molecule has 147 heavy (non-hydrogen) atoms. The number of nitrogens with zero attached hydrogens (tertiary/aromatic N) is 16. The fourth-order valence-corrected chi connectivity index (χ4v) is 19.4. The van der Waals surface area contributed by atoms with Crippen LogP contribution in [0.3, 0.4) is 0 Å². The number of aryl methyl sites for hydroxylation is 5. The number of carbonyl (C=O) groups excluding carboxylic acids is 3. The fourth-order valence-electron chi connectivity index (χ4n) is 17.4. The van der Waals surface area contributed by atoms with Crippen LogP contribution in [-0.4, -0.2) is 162 Å². The molecule has 2 amide bonds. The van der Waals surface area contributed by atoms with Crippen LogP contribution in [0.1, 0.15) is 152 Å². The Bertz CT molecular complexity index is 7790. The SMILES string of the molecule is CCCCc1nc2c(N)nc3ccccc3c2n1Cc1cc(C)c(OP(=O)(O)O)c(CNC(=S)NCCN(C)C)c1.CCCCc1nc2c(N)nc3ccccc3c2n1Cc1ccc(OP(=O)(O)O)c(CN2C(=O)C=CC2=O)c1.CCCCc1nc2c(N)nc3ccccc3c2n1Cc1ccc(OP(=O)(O)O)c(CN=C=O)c1.CCCCc1nc2c(N)nc3ccccc3c2n1Cc1ccc(OP(=O)(O)O)c(CN=C=S)c1. The van der Waals surface area contributed by atoms with Gasteiger partial charge in [0, 0.05) is 127 Å². The van der Waals surface area contributed by atoms with Crippen LogP contribution >= 0.6 is 55.7 Å². The minimum atomic E-state index is -4.89. The van der Waals surface area contributed by atoms with Crippen molar-refractivity contribution in [2.24, 2.45) is 9.98 Å². The third-order valence-corrected chi connectivity index (χ3v) is 26.1. The van der Waals surface area contributed by atoms with Gasteiger partial charge in [-0.25, -0.2) is 72.9 Å². The zero-order chi connectivity index (χ0) is 105. The summed E-state index contributed by atoms with van der Waals surface area (Å²) in [5.41, 5.74) is 40.0. The third kappa shape index (κ3) is 27.5. The van der Waals surface area contributed by atoms with Crippen LogP contribution in [-0.2, 0) is 111 Å². The molecule has 768 valence electrons. The van der Waals surface area contributed by atoms with Crippen molar-refractivity contribution in [1.82, 2.24) is 78.6 Å². The second-order valence-corrected chi connectivity index (χ2v) is 40.3. The van der Waals surface area contributed by atoms with Gasteiger partial charge in [-0.05, 0) is 166 Å². The largest absolute Gasteiger partial charge is 0.524 e. The molecule has 0 aliphatic carbocycles. The Hall–Kier alpha value is -14.0. The molecule has 0 bridgehead atoms. The lowest BCUT2D eigenvalue weighted by Crippen LogP contribution is -2.38. The van der Waals surface area contributed by atoms with Crippen molar-refractivity contribution < 1.29 is 89.9 Å². The molecule has 17 rings (SSSR count). The number of likely N-dealkylation sites (N-methyl/N-ethyl adjacent to an activating group) is 1. The number of anilines is 4. The molecule has 8 aromatic heterocycles. The predicted octanol–water partition coefficient (Wildman–Crippen LogP) is 15.8. The van der Waals surface area contributed by atoms with E-state index in [-0.39, 0.29) is 54.7 Å². The molecule has 47 heteroatoms. The number of rotatable bonds is 39. The number of imidazole rings is 4. The number of pyridine rings is 4. The van der Waals surface area contributed by atoms with Crippen molar-refractivity contribution in [3.05, 3.63) is 249 Å². The van der Waals surface area contributed by atoms with Gasteiger partial charge in [0.15, 0.2) is 28.4 Å². The Morgan fingerprint density at radius 1 is 0.422 bits per heavy atom. The van der Waals surface area contributed by atoms with Gasteiger partial charge in [-0.2, -0.15) is 0 Å². The zero-order valence-corrected chi connectivity index (χ0v) is 86.6. The lowest BCUT2D eigenvalue weighted by atomic mass is 10.0. The van der Waals surface area contributed by atoms with E-state index in [9.17, 15) is 71.8 Å². The molecule has 0 saturated carbocycles. The van der Waals surface area contributed by atoms with Gasteiger partial charge < -0.3 is 74.8 Å². The fraction of sp³-hybridized carbons (Fsp3) is 0.290. The van der Waals surface area contributed by atoms with Crippen molar-refractivity contribution >= 4 is 195 Å². The number of nitrogen functional groups attached to an aromatic ring is 4. The third-order valence-electron chi connectivity index (χ3n) is 23.9. The van der Waals surface area contributed by atoms with Crippen LogP contribution < -0.4 is 51.7 Å². The molecule has 0 fully saturated rings. The van der Waals surface area contributed by atoms with Gasteiger partial charge in [0.1, 0.15) is 68.4 Å². The Balaban J connectivity index is 0.000000155. The molecule has 0 unspecified atom stereocenters.